The quantitative estimate of drug-likeness (QED) is 0.234. The van der Waals surface area contributed by atoms with Crippen LogP contribution in [0.25, 0.3) is 22.3 Å². The van der Waals surface area contributed by atoms with Crippen molar-refractivity contribution in [2.24, 2.45) is 5.41 Å². The van der Waals surface area contributed by atoms with Crippen molar-refractivity contribution in [3.05, 3.63) is 82.4 Å². The third kappa shape index (κ3) is 6.51. The molecule has 0 saturated heterocycles. The van der Waals surface area contributed by atoms with E-state index in [-0.39, 0.29) is 28.9 Å². The first kappa shape index (κ1) is 28.8. The molecule has 0 aliphatic heterocycles. The zero-order valence-corrected chi connectivity index (χ0v) is 23.0. The largest absolute Gasteiger partial charge is 0.416 e. The van der Waals surface area contributed by atoms with E-state index in [1.54, 1.807) is 43.4 Å². The van der Waals surface area contributed by atoms with Gasteiger partial charge in [-0.15, -0.1) is 0 Å². The second-order valence-corrected chi connectivity index (χ2v) is 10.6. The van der Waals surface area contributed by atoms with E-state index in [1.807, 2.05) is 20.8 Å². The Bertz CT molecular complexity index is 1580. The second-order valence-electron chi connectivity index (χ2n) is 10.2. The van der Waals surface area contributed by atoms with Gasteiger partial charge in [0.05, 0.1) is 21.7 Å². The molecule has 0 saturated carbocycles. The Labute approximate surface area is 234 Å². The van der Waals surface area contributed by atoms with Gasteiger partial charge in [-0.25, -0.2) is 9.97 Å². The highest BCUT2D eigenvalue weighted by Gasteiger charge is 2.30. The Kier molecular flexibility index (Phi) is 8.02. The highest BCUT2D eigenvalue weighted by atomic mass is 35.5. The molecule has 3 N–H and O–H groups in total. The van der Waals surface area contributed by atoms with Crippen LogP contribution >= 0.6 is 11.6 Å². The topological polar surface area (TPSA) is 96.0 Å². The summed E-state index contributed by atoms with van der Waals surface area (Å²) in [6.45, 7) is 5.66. The molecule has 0 aliphatic carbocycles. The molecule has 2 amide bonds. The van der Waals surface area contributed by atoms with Crippen LogP contribution in [0.2, 0.25) is 5.02 Å². The van der Waals surface area contributed by atoms with E-state index in [1.165, 1.54) is 12.1 Å². The van der Waals surface area contributed by atoms with Gasteiger partial charge in [0.25, 0.3) is 5.91 Å². The maximum atomic E-state index is 13.1. The van der Waals surface area contributed by atoms with Crippen LogP contribution < -0.4 is 16.0 Å². The summed E-state index contributed by atoms with van der Waals surface area (Å²) in [5, 5.41) is 9.54. The van der Waals surface area contributed by atoms with Gasteiger partial charge in [-0.2, -0.15) is 13.2 Å². The first-order valence-electron chi connectivity index (χ1n) is 12.3. The van der Waals surface area contributed by atoms with Crippen LogP contribution in [0.4, 0.5) is 24.7 Å². The summed E-state index contributed by atoms with van der Waals surface area (Å²) in [5.74, 6) is 0.121. The molecule has 7 nitrogen and oxygen atoms in total. The molecule has 11 heteroatoms. The number of fused-ring (bicyclic) bond motifs is 1. The monoisotopic (exact) mass is 569 g/mol. The van der Waals surface area contributed by atoms with Gasteiger partial charge in [-0.1, -0.05) is 50.6 Å². The Hall–Kier alpha value is -4.18. The summed E-state index contributed by atoms with van der Waals surface area (Å²) in [5.41, 5.74) is 0.923. The lowest BCUT2D eigenvalue weighted by atomic mass is 9.95. The average molecular weight is 570 g/mol. The first-order valence-corrected chi connectivity index (χ1v) is 12.7. The summed E-state index contributed by atoms with van der Waals surface area (Å²) in [7, 11) is 1.67. The smallest absolute Gasteiger partial charge is 0.373 e. The number of carbonyl (C=O) groups excluding carboxylic acids is 2. The van der Waals surface area contributed by atoms with Crippen LogP contribution in [0.3, 0.4) is 0 Å². The molecule has 1 aromatic heterocycles. The number of halogens is 4. The molecule has 0 atom stereocenters. The van der Waals surface area contributed by atoms with Crippen molar-refractivity contribution < 1.29 is 22.8 Å². The lowest BCUT2D eigenvalue weighted by molar-refractivity contribution is -0.137. The highest BCUT2D eigenvalue weighted by Crippen LogP contribution is 2.32. The number of anilines is 2. The number of benzene rings is 3. The van der Waals surface area contributed by atoms with Crippen molar-refractivity contribution in [3.8, 4) is 11.4 Å². The van der Waals surface area contributed by atoms with Crippen molar-refractivity contribution in [1.82, 2.24) is 15.3 Å². The highest BCUT2D eigenvalue weighted by molar-refractivity contribution is 6.34. The Morgan fingerprint density at radius 2 is 1.62 bits per heavy atom. The van der Waals surface area contributed by atoms with E-state index >= 15 is 0 Å². The maximum Gasteiger partial charge on any atom is 0.416 e. The van der Waals surface area contributed by atoms with Gasteiger partial charge in [0, 0.05) is 35.6 Å². The van der Waals surface area contributed by atoms with Gasteiger partial charge < -0.3 is 16.0 Å². The van der Waals surface area contributed by atoms with Crippen molar-refractivity contribution in [3.63, 3.8) is 0 Å². The zero-order valence-electron chi connectivity index (χ0n) is 22.2. The summed E-state index contributed by atoms with van der Waals surface area (Å²) in [6, 6.07) is 14.6. The van der Waals surface area contributed by atoms with Crippen molar-refractivity contribution >= 4 is 45.8 Å². The normalized spacial score (nSPS) is 11.8. The third-order valence-electron chi connectivity index (χ3n) is 6.07. The minimum atomic E-state index is -4.45. The van der Waals surface area contributed by atoms with Gasteiger partial charge in [0.15, 0.2) is 5.82 Å². The van der Waals surface area contributed by atoms with E-state index in [0.29, 0.717) is 33.5 Å². The predicted octanol–water partition coefficient (Wildman–Crippen LogP) is 6.93. The van der Waals surface area contributed by atoms with Crippen LogP contribution in [0, 0.1) is 5.41 Å². The van der Waals surface area contributed by atoms with Crippen LogP contribution in [0.15, 0.2) is 60.7 Å². The van der Waals surface area contributed by atoms with Gasteiger partial charge >= 0.3 is 6.18 Å². The number of hydrogen-bond acceptors (Lipinski definition) is 5. The Balaban J connectivity index is 1.60. The fourth-order valence-corrected chi connectivity index (χ4v) is 4.04. The van der Waals surface area contributed by atoms with Gasteiger partial charge in [-0.3, -0.25) is 9.59 Å². The number of amides is 2. The Morgan fingerprint density at radius 3 is 2.25 bits per heavy atom. The van der Waals surface area contributed by atoms with E-state index in [4.69, 9.17) is 11.6 Å². The number of nitrogens with one attached hydrogen (secondary N) is 3. The molecule has 0 fully saturated rings. The van der Waals surface area contributed by atoms with Crippen LogP contribution in [-0.4, -0.2) is 28.8 Å². The number of hydrogen-bond donors (Lipinski definition) is 3. The fraction of sp³-hybridized carbons (Fsp3) is 0.241. The number of nitrogens with zero attached hydrogens (tertiary/aromatic N) is 2. The Morgan fingerprint density at radius 1 is 0.925 bits per heavy atom. The molecule has 208 valence electrons. The number of carbonyl (C=O) groups is 2. The SMILES string of the molecule is CNc1nc(-c2ccc(C(F)(F)F)cc2)nc2cc(NC(=O)c3cc(CNC(=O)C(C)(C)C)ccc3Cl)ccc12. The predicted molar refractivity (Wildman–Crippen MR) is 150 cm³/mol. The second kappa shape index (κ2) is 11.1. The summed E-state index contributed by atoms with van der Waals surface area (Å²) in [6.07, 6.45) is -4.45. The molecular formula is C29H27ClF3N5O2. The molecule has 0 unspecified atom stereocenters. The molecule has 0 bridgehead atoms. The molecule has 0 spiro atoms. The van der Waals surface area contributed by atoms with E-state index in [9.17, 15) is 22.8 Å². The van der Waals surface area contributed by atoms with Gasteiger partial charge in [0.2, 0.25) is 5.91 Å². The lowest BCUT2D eigenvalue weighted by Crippen LogP contribution is -2.34. The standard InChI is InChI=1S/C29H27ClF3N5O2/c1-28(2,3)27(40)35-15-16-5-12-22(30)21(13-16)26(39)36-19-10-11-20-23(14-19)37-24(38-25(20)34-4)17-6-8-18(9-7-17)29(31,32)33/h5-14H,15H2,1-4H3,(H,35,40)(H,36,39)(H,34,37,38). The molecule has 40 heavy (non-hydrogen) atoms. The van der Waals surface area contributed by atoms with E-state index in [2.05, 4.69) is 25.9 Å². The van der Waals surface area contributed by atoms with E-state index < -0.39 is 23.1 Å². The van der Waals surface area contributed by atoms with Crippen molar-refractivity contribution in [2.75, 3.05) is 17.7 Å². The molecule has 0 radical (unpaired) electrons. The third-order valence-corrected chi connectivity index (χ3v) is 6.40. The molecule has 4 aromatic rings. The maximum absolute atomic E-state index is 13.1. The minimum absolute atomic E-state index is 0.122. The summed E-state index contributed by atoms with van der Waals surface area (Å²) < 4.78 is 38.9. The molecule has 1 heterocycles. The zero-order chi connectivity index (χ0) is 29.2. The molecule has 0 aliphatic rings. The van der Waals surface area contributed by atoms with Gasteiger partial charge in [-0.05, 0) is 48.0 Å². The number of alkyl halides is 3. The van der Waals surface area contributed by atoms with Gasteiger partial charge in [0.1, 0.15) is 5.82 Å². The average Bonchev–Trinajstić information content (AvgIpc) is 2.90. The molecule has 4 rings (SSSR count). The van der Waals surface area contributed by atoms with Crippen LogP contribution in [0.1, 0.15) is 42.3 Å². The first-order chi connectivity index (χ1) is 18.8. The molecule has 3 aromatic carbocycles. The number of aromatic nitrogens is 2. The number of rotatable bonds is 6. The van der Waals surface area contributed by atoms with E-state index in [0.717, 1.165) is 12.1 Å². The lowest BCUT2D eigenvalue weighted by Gasteiger charge is -2.18. The van der Waals surface area contributed by atoms with Crippen molar-refractivity contribution in [1.29, 1.82) is 0 Å². The fourth-order valence-electron chi connectivity index (χ4n) is 3.84. The minimum Gasteiger partial charge on any atom is -0.373 e. The van der Waals surface area contributed by atoms with Crippen LogP contribution in [-0.2, 0) is 17.5 Å². The summed E-state index contributed by atoms with van der Waals surface area (Å²) >= 11 is 6.31. The summed E-state index contributed by atoms with van der Waals surface area (Å²) in [4.78, 5) is 34.3. The molecular weight excluding hydrogens is 543 g/mol. The van der Waals surface area contributed by atoms with Crippen molar-refractivity contribution in [2.45, 2.75) is 33.5 Å². The van der Waals surface area contributed by atoms with Crippen LogP contribution in [0.5, 0.6) is 0 Å².